The summed E-state index contributed by atoms with van der Waals surface area (Å²) in [6.07, 6.45) is 5.95. The number of hydrazine groups is 1. The van der Waals surface area contributed by atoms with E-state index >= 15 is 0 Å². The van der Waals surface area contributed by atoms with E-state index in [0.29, 0.717) is 0 Å². The van der Waals surface area contributed by atoms with Crippen LogP contribution in [0, 0.1) is 0 Å². The van der Waals surface area contributed by atoms with E-state index < -0.39 is 0 Å². The molecule has 5 heteroatoms. The Hall–Kier alpha value is -1.82. The monoisotopic (exact) mass is 270 g/mol. The summed E-state index contributed by atoms with van der Waals surface area (Å²) >= 11 is 1.76. The zero-order valence-electron chi connectivity index (χ0n) is 10.3. The van der Waals surface area contributed by atoms with E-state index in [-0.39, 0.29) is 6.04 Å². The molecule has 0 bridgehead atoms. The number of hydrogen-bond donors (Lipinski definition) is 2. The maximum atomic E-state index is 5.66. The molecular formula is C14H14N4S. The quantitative estimate of drug-likeness (QED) is 0.564. The molecule has 4 nitrogen and oxygen atoms in total. The van der Waals surface area contributed by atoms with E-state index in [1.54, 1.807) is 23.7 Å². The van der Waals surface area contributed by atoms with Crippen molar-refractivity contribution in [2.24, 2.45) is 5.84 Å². The summed E-state index contributed by atoms with van der Waals surface area (Å²) in [6, 6.07) is 8.44. The maximum Gasteiger partial charge on any atom is 0.115 e. The smallest absolute Gasteiger partial charge is 0.115 e. The first kappa shape index (κ1) is 12.2. The number of benzene rings is 1. The summed E-state index contributed by atoms with van der Waals surface area (Å²) in [5.74, 6) is 5.66. The standard InChI is InChI=1S/C14H14N4S/c15-18-13(11-6-16-9-17-7-11)5-10-8-19-14-4-2-1-3-12(10)14/h1-4,6-9,13,18H,5,15H2. The van der Waals surface area contributed by atoms with Gasteiger partial charge in [-0.15, -0.1) is 11.3 Å². The molecule has 0 spiro atoms. The van der Waals surface area contributed by atoms with E-state index in [9.17, 15) is 0 Å². The molecule has 1 aromatic carbocycles. The van der Waals surface area contributed by atoms with Crippen LogP contribution in [-0.4, -0.2) is 9.97 Å². The van der Waals surface area contributed by atoms with Gasteiger partial charge in [-0.1, -0.05) is 18.2 Å². The molecule has 1 unspecified atom stereocenters. The van der Waals surface area contributed by atoms with E-state index in [2.05, 4.69) is 45.0 Å². The predicted molar refractivity (Wildman–Crippen MR) is 77.6 cm³/mol. The molecule has 3 rings (SSSR count). The minimum atomic E-state index is 0.0270. The van der Waals surface area contributed by atoms with Gasteiger partial charge in [-0.05, 0) is 28.8 Å². The Morgan fingerprint density at radius 2 is 2.00 bits per heavy atom. The summed E-state index contributed by atoms with van der Waals surface area (Å²) in [4.78, 5) is 8.08. The summed E-state index contributed by atoms with van der Waals surface area (Å²) in [6.45, 7) is 0. The largest absolute Gasteiger partial charge is 0.271 e. The van der Waals surface area contributed by atoms with Crippen LogP contribution < -0.4 is 11.3 Å². The lowest BCUT2D eigenvalue weighted by Crippen LogP contribution is -2.29. The summed E-state index contributed by atoms with van der Waals surface area (Å²) < 4.78 is 1.30. The van der Waals surface area contributed by atoms with E-state index in [4.69, 9.17) is 5.84 Å². The van der Waals surface area contributed by atoms with Crippen LogP contribution in [0.4, 0.5) is 0 Å². The summed E-state index contributed by atoms with van der Waals surface area (Å²) in [5, 5.41) is 3.49. The van der Waals surface area contributed by atoms with Gasteiger partial charge >= 0.3 is 0 Å². The summed E-state index contributed by atoms with van der Waals surface area (Å²) in [5.41, 5.74) is 5.14. The first-order valence-electron chi connectivity index (χ1n) is 6.04. The van der Waals surface area contributed by atoms with Crippen LogP contribution in [0.25, 0.3) is 10.1 Å². The van der Waals surface area contributed by atoms with Gasteiger partial charge < -0.3 is 0 Å². The zero-order chi connectivity index (χ0) is 13.1. The van der Waals surface area contributed by atoms with E-state index in [1.165, 1.54) is 22.0 Å². The van der Waals surface area contributed by atoms with Crippen molar-refractivity contribution in [3.63, 3.8) is 0 Å². The molecule has 2 heterocycles. The third-order valence-electron chi connectivity index (χ3n) is 3.17. The van der Waals surface area contributed by atoms with Crippen molar-refractivity contribution >= 4 is 21.4 Å². The predicted octanol–water partition coefficient (Wildman–Crippen LogP) is 2.44. The van der Waals surface area contributed by atoms with Gasteiger partial charge in [-0.2, -0.15) is 0 Å². The maximum absolute atomic E-state index is 5.66. The van der Waals surface area contributed by atoms with Gasteiger partial charge in [0.2, 0.25) is 0 Å². The molecule has 0 saturated heterocycles. The van der Waals surface area contributed by atoms with Crippen LogP contribution in [0.2, 0.25) is 0 Å². The highest BCUT2D eigenvalue weighted by atomic mass is 32.1. The van der Waals surface area contributed by atoms with Gasteiger partial charge in [0, 0.05) is 22.7 Å². The van der Waals surface area contributed by atoms with Gasteiger partial charge in [0.25, 0.3) is 0 Å². The second-order valence-corrected chi connectivity index (χ2v) is 5.26. The molecule has 3 N–H and O–H groups in total. The molecule has 0 aliphatic heterocycles. The number of nitrogens with one attached hydrogen (secondary N) is 1. The Balaban J connectivity index is 1.91. The molecule has 3 aromatic rings. The minimum Gasteiger partial charge on any atom is -0.271 e. The number of aromatic nitrogens is 2. The van der Waals surface area contributed by atoms with Gasteiger partial charge in [-0.25, -0.2) is 9.97 Å². The molecular weight excluding hydrogens is 256 g/mol. The van der Waals surface area contributed by atoms with Gasteiger partial charge in [0.1, 0.15) is 6.33 Å². The van der Waals surface area contributed by atoms with E-state index in [1.807, 2.05) is 0 Å². The van der Waals surface area contributed by atoms with Crippen LogP contribution in [-0.2, 0) is 6.42 Å². The highest BCUT2D eigenvalue weighted by molar-refractivity contribution is 7.17. The SMILES string of the molecule is NNC(Cc1csc2ccccc12)c1cncnc1. The number of hydrogen-bond acceptors (Lipinski definition) is 5. The Morgan fingerprint density at radius 3 is 2.79 bits per heavy atom. The average Bonchev–Trinajstić information content (AvgIpc) is 2.89. The topological polar surface area (TPSA) is 63.8 Å². The van der Waals surface area contributed by atoms with Crippen molar-refractivity contribution in [3.8, 4) is 0 Å². The molecule has 2 aromatic heterocycles. The number of thiophene rings is 1. The first-order chi connectivity index (χ1) is 9.38. The lowest BCUT2D eigenvalue weighted by molar-refractivity contribution is 0.550. The Bertz CT molecular complexity index is 665. The molecule has 19 heavy (non-hydrogen) atoms. The van der Waals surface area contributed by atoms with Crippen molar-refractivity contribution in [1.29, 1.82) is 0 Å². The zero-order valence-corrected chi connectivity index (χ0v) is 11.1. The third kappa shape index (κ3) is 2.49. The number of fused-ring (bicyclic) bond motifs is 1. The summed E-state index contributed by atoms with van der Waals surface area (Å²) in [7, 11) is 0. The molecule has 0 aliphatic rings. The number of rotatable bonds is 4. The van der Waals surface area contributed by atoms with Crippen LogP contribution in [0.3, 0.4) is 0 Å². The highest BCUT2D eigenvalue weighted by Gasteiger charge is 2.13. The third-order valence-corrected chi connectivity index (χ3v) is 4.18. The number of nitrogens with zero attached hydrogens (tertiary/aromatic N) is 2. The molecule has 96 valence electrons. The lowest BCUT2D eigenvalue weighted by Gasteiger charge is -2.14. The van der Waals surface area contributed by atoms with Crippen molar-refractivity contribution < 1.29 is 0 Å². The Labute approximate surface area is 115 Å². The average molecular weight is 270 g/mol. The molecule has 1 atom stereocenters. The Morgan fingerprint density at radius 1 is 1.21 bits per heavy atom. The molecule has 0 aliphatic carbocycles. The van der Waals surface area contributed by atoms with Crippen molar-refractivity contribution in [2.75, 3.05) is 0 Å². The molecule has 0 radical (unpaired) electrons. The normalized spacial score (nSPS) is 12.7. The van der Waals surface area contributed by atoms with Crippen LogP contribution in [0.1, 0.15) is 17.2 Å². The fraction of sp³-hybridized carbons (Fsp3) is 0.143. The Kier molecular flexibility index (Phi) is 3.50. The number of nitrogens with two attached hydrogens (primary N) is 1. The van der Waals surface area contributed by atoms with Crippen molar-refractivity contribution in [2.45, 2.75) is 12.5 Å². The van der Waals surface area contributed by atoms with Crippen LogP contribution >= 0.6 is 11.3 Å². The fourth-order valence-electron chi connectivity index (χ4n) is 2.17. The van der Waals surface area contributed by atoms with Gasteiger partial charge in [0.15, 0.2) is 0 Å². The highest BCUT2D eigenvalue weighted by Crippen LogP contribution is 2.28. The van der Waals surface area contributed by atoms with Gasteiger partial charge in [0.05, 0.1) is 6.04 Å². The molecule has 0 saturated carbocycles. The van der Waals surface area contributed by atoms with Crippen LogP contribution in [0.5, 0.6) is 0 Å². The van der Waals surface area contributed by atoms with Gasteiger partial charge in [-0.3, -0.25) is 11.3 Å². The molecule has 0 fully saturated rings. The van der Waals surface area contributed by atoms with Crippen molar-refractivity contribution in [3.05, 3.63) is 59.5 Å². The first-order valence-corrected chi connectivity index (χ1v) is 6.92. The lowest BCUT2D eigenvalue weighted by atomic mass is 10.0. The van der Waals surface area contributed by atoms with E-state index in [0.717, 1.165) is 12.0 Å². The van der Waals surface area contributed by atoms with Crippen LogP contribution in [0.15, 0.2) is 48.4 Å². The fourth-order valence-corrected chi connectivity index (χ4v) is 3.15. The second kappa shape index (κ2) is 5.44. The minimum absolute atomic E-state index is 0.0270. The second-order valence-electron chi connectivity index (χ2n) is 4.35. The molecule has 0 amide bonds. The van der Waals surface area contributed by atoms with Crippen molar-refractivity contribution in [1.82, 2.24) is 15.4 Å².